The van der Waals surface area contributed by atoms with E-state index in [-0.39, 0.29) is 12.0 Å². The van der Waals surface area contributed by atoms with Crippen LogP contribution in [-0.4, -0.2) is 25.2 Å². The molecule has 100 valence electrons. The van der Waals surface area contributed by atoms with Crippen LogP contribution < -0.4 is 11.1 Å². The Labute approximate surface area is 109 Å². The third kappa shape index (κ3) is 4.85. The molecule has 0 aliphatic heterocycles. The highest BCUT2D eigenvalue weighted by atomic mass is 16.5. The Hall–Kier alpha value is -1.39. The molecule has 0 radical (unpaired) electrons. The molecule has 0 bridgehead atoms. The van der Waals surface area contributed by atoms with Gasteiger partial charge in [0.25, 0.3) is 0 Å². The standard InChI is InChI=1S/C14H22N2O2/c1-10(2)18-7-6-16-9-13-5-4-12(14(15)17)8-11(13)3/h4-5,8,10,16H,6-7,9H2,1-3H3,(H2,15,17). The Morgan fingerprint density at radius 1 is 1.44 bits per heavy atom. The van der Waals surface area contributed by atoms with Crippen molar-refractivity contribution in [2.24, 2.45) is 5.73 Å². The highest BCUT2D eigenvalue weighted by Crippen LogP contribution is 2.10. The van der Waals surface area contributed by atoms with E-state index in [4.69, 9.17) is 10.5 Å². The molecule has 4 nitrogen and oxygen atoms in total. The summed E-state index contributed by atoms with van der Waals surface area (Å²) in [5.74, 6) is -0.386. The lowest BCUT2D eigenvalue weighted by Gasteiger charge is -2.10. The number of aryl methyl sites for hydroxylation is 1. The van der Waals surface area contributed by atoms with E-state index < -0.39 is 0 Å². The second kappa shape index (κ2) is 7.13. The lowest BCUT2D eigenvalue weighted by atomic mass is 10.0. The van der Waals surface area contributed by atoms with Gasteiger partial charge in [-0.3, -0.25) is 4.79 Å². The van der Waals surface area contributed by atoms with Gasteiger partial charge in [0.05, 0.1) is 12.7 Å². The van der Waals surface area contributed by atoms with Crippen molar-refractivity contribution >= 4 is 5.91 Å². The maximum Gasteiger partial charge on any atom is 0.248 e. The quantitative estimate of drug-likeness (QED) is 0.723. The first-order valence-corrected chi connectivity index (χ1v) is 6.22. The van der Waals surface area contributed by atoms with E-state index in [0.29, 0.717) is 12.2 Å². The number of carbonyl (C=O) groups is 1. The van der Waals surface area contributed by atoms with Gasteiger partial charge in [-0.15, -0.1) is 0 Å². The van der Waals surface area contributed by atoms with Gasteiger partial charge >= 0.3 is 0 Å². The van der Waals surface area contributed by atoms with Crippen LogP contribution in [0, 0.1) is 6.92 Å². The number of benzene rings is 1. The van der Waals surface area contributed by atoms with Crippen LogP contribution in [-0.2, 0) is 11.3 Å². The lowest BCUT2D eigenvalue weighted by Crippen LogP contribution is -2.21. The first kappa shape index (κ1) is 14.7. The number of carbonyl (C=O) groups excluding carboxylic acids is 1. The fraction of sp³-hybridized carbons (Fsp3) is 0.500. The summed E-state index contributed by atoms with van der Waals surface area (Å²) < 4.78 is 5.44. The number of rotatable bonds is 7. The maximum absolute atomic E-state index is 11.0. The SMILES string of the molecule is Cc1cc(C(N)=O)ccc1CNCCOC(C)C. The molecule has 3 N–H and O–H groups in total. The first-order chi connectivity index (χ1) is 8.50. The van der Waals surface area contributed by atoms with E-state index in [2.05, 4.69) is 5.32 Å². The van der Waals surface area contributed by atoms with Crippen LogP contribution in [0.1, 0.15) is 35.3 Å². The molecular formula is C14H22N2O2. The van der Waals surface area contributed by atoms with Gasteiger partial charge in [0.1, 0.15) is 0 Å². The summed E-state index contributed by atoms with van der Waals surface area (Å²) in [6, 6.07) is 5.52. The molecule has 0 spiro atoms. The Kier molecular flexibility index (Phi) is 5.82. The highest BCUT2D eigenvalue weighted by Gasteiger charge is 2.03. The summed E-state index contributed by atoms with van der Waals surface area (Å²) in [7, 11) is 0. The van der Waals surface area contributed by atoms with E-state index in [1.165, 1.54) is 5.56 Å². The van der Waals surface area contributed by atoms with Gasteiger partial charge in [-0.1, -0.05) is 6.07 Å². The van der Waals surface area contributed by atoms with Crippen molar-refractivity contribution in [3.05, 3.63) is 34.9 Å². The predicted octanol–water partition coefficient (Wildman–Crippen LogP) is 1.61. The molecular weight excluding hydrogens is 228 g/mol. The Bertz CT molecular complexity index is 403. The normalized spacial score (nSPS) is 10.9. The zero-order valence-corrected chi connectivity index (χ0v) is 11.3. The summed E-state index contributed by atoms with van der Waals surface area (Å²) in [6.45, 7) is 8.31. The Morgan fingerprint density at radius 2 is 2.17 bits per heavy atom. The van der Waals surface area contributed by atoms with Crippen molar-refractivity contribution in [3.63, 3.8) is 0 Å². The maximum atomic E-state index is 11.0. The average Bonchev–Trinajstić information content (AvgIpc) is 2.29. The van der Waals surface area contributed by atoms with Crippen LogP contribution in [0.15, 0.2) is 18.2 Å². The zero-order valence-electron chi connectivity index (χ0n) is 11.3. The molecule has 0 aromatic heterocycles. The number of hydrogen-bond acceptors (Lipinski definition) is 3. The van der Waals surface area contributed by atoms with Crippen molar-refractivity contribution in [1.29, 1.82) is 0 Å². The summed E-state index contributed by atoms with van der Waals surface area (Å²) in [4.78, 5) is 11.0. The number of nitrogens with one attached hydrogen (secondary N) is 1. The minimum absolute atomic E-state index is 0.267. The van der Waals surface area contributed by atoms with E-state index in [1.807, 2.05) is 32.9 Å². The molecule has 0 heterocycles. The average molecular weight is 250 g/mol. The van der Waals surface area contributed by atoms with Crippen LogP contribution >= 0.6 is 0 Å². The van der Waals surface area contributed by atoms with Crippen molar-refractivity contribution in [2.45, 2.75) is 33.4 Å². The molecule has 18 heavy (non-hydrogen) atoms. The molecule has 4 heteroatoms. The first-order valence-electron chi connectivity index (χ1n) is 6.22. The van der Waals surface area contributed by atoms with Gasteiger partial charge in [-0.2, -0.15) is 0 Å². The topological polar surface area (TPSA) is 64.4 Å². The number of hydrogen-bond donors (Lipinski definition) is 2. The minimum Gasteiger partial charge on any atom is -0.377 e. The van der Waals surface area contributed by atoms with Crippen LogP contribution in [0.25, 0.3) is 0 Å². The highest BCUT2D eigenvalue weighted by molar-refractivity contribution is 5.93. The van der Waals surface area contributed by atoms with E-state index in [0.717, 1.165) is 18.7 Å². The second-order valence-electron chi connectivity index (χ2n) is 4.60. The predicted molar refractivity (Wildman–Crippen MR) is 72.5 cm³/mol. The van der Waals surface area contributed by atoms with E-state index in [1.54, 1.807) is 6.07 Å². The number of amides is 1. The third-order valence-electron chi connectivity index (χ3n) is 2.67. The summed E-state index contributed by atoms with van der Waals surface area (Å²) in [5, 5.41) is 3.31. The van der Waals surface area contributed by atoms with Crippen LogP contribution in [0.3, 0.4) is 0 Å². The largest absolute Gasteiger partial charge is 0.377 e. The fourth-order valence-corrected chi connectivity index (χ4v) is 1.64. The van der Waals surface area contributed by atoms with Crippen molar-refractivity contribution < 1.29 is 9.53 Å². The van der Waals surface area contributed by atoms with Gasteiger partial charge in [-0.05, 0) is 44.0 Å². The molecule has 1 aromatic carbocycles. The van der Waals surface area contributed by atoms with Crippen molar-refractivity contribution in [3.8, 4) is 0 Å². The minimum atomic E-state index is -0.386. The van der Waals surface area contributed by atoms with E-state index in [9.17, 15) is 4.79 Å². The van der Waals surface area contributed by atoms with Gasteiger partial charge in [0.15, 0.2) is 0 Å². The fourth-order valence-electron chi connectivity index (χ4n) is 1.64. The number of primary amides is 1. The summed E-state index contributed by atoms with van der Waals surface area (Å²) in [5.41, 5.74) is 8.03. The monoisotopic (exact) mass is 250 g/mol. The molecule has 1 rings (SSSR count). The molecule has 0 atom stereocenters. The van der Waals surface area contributed by atoms with Gasteiger partial charge in [0, 0.05) is 18.7 Å². The molecule has 0 fully saturated rings. The third-order valence-corrected chi connectivity index (χ3v) is 2.67. The zero-order chi connectivity index (χ0) is 13.5. The Balaban J connectivity index is 2.41. The van der Waals surface area contributed by atoms with Gasteiger partial charge < -0.3 is 15.8 Å². The van der Waals surface area contributed by atoms with Crippen molar-refractivity contribution in [1.82, 2.24) is 5.32 Å². The van der Waals surface area contributed by atoms with Gasteiger partial charge in [-0.25, -0.2) is 0 Å². The smallest absolute Gasteiger partial charge is 0.248 e. The van der Waals surface area contributed by atoms with Gasteiger partial charge in [0.2, 0.25) is 5.91 Å². The van der Waals surface area contributed by atoms with E-state index >= 15 is 0 Å². The van der Waals surface area contributed by atoms with Crippen molar-refractivity contribution in [2.75, 3.05) is 13.2 Å². The van der Waals surface area contributed by atoms with Crippen LogP contribution in [0.5, 0.6) is 0 Å². The number of ether oxygens (including phenoxy) is 1. The molecule has 0 aliphatic rings. The number of nitrogens with two attached hydrogens (primary N) is 1. The molecule has 0 unspecified atom stereocenters. The summed E-state index contributed by atoms with van der Waals surface area (Å²) in [6.07, 6.45) is 0.267. The van der Waals surface area contributed by atoms with Crippen LogP contribution in [0.4, 0.5) is 0 Å². The Morgan fingerprint density at radius 3 is 2.72 bits per heavy atom. The summed E-state index contributed by atoms with van der Waals surface area (Å²) >= 11 is 0. The molecule has 1 amide bonds. The van der Waals surface area contributed by atoms with Crippen LogP contribution in [0.2, 0.25) is 0 Å². The lowest BCUT2D eigenvalue weighted by molar-refractivity contribution is 0.0807. The molecule has 0 aliphatic carbocycles. The molecule has 1 aromatic rings. The molecule has 0 saturated heterocycles. The second-order valence-corrected chi connectivity index (χ2v) is 4.60. The molecule has 0 saturated carbocycles.